The van der Waals surface area contributed by atoms with Gasteiger partial charge in [-0.05, 0) is 32.0 Å². The van der Waals surface area contributed by atoms with Crippen molar-refractivity contribution in [3.05, 3.63) is 46.9 Å². The SMILES string of the molecule is COc1ccc(C(N)c2cc(C)oc2C)c(OC)c1. The van der Waals surface area contributed by atoms with E-state index in [0.29, 0.717) is 5.75 Å². The van der Waals surface area contributed by atoms with E-state index >= 15 is 0 Å². The largest absolute Gasteiger partial charge is 0.497 e. The van der Waals surface area contributed by atoms with Gasteiger partial charge in [0.15, 0.2) is 0 Å². The molecule has 4 heteroatoms. The van der Waals surface area contributed by atoms with Crippen LogP contribution in [-0.4, -0.2) is 14.2 Å². The molecule has 2 rings (SSSR count). The molecule has 1 aromatic heterocycles. The monoisotopic (exact) mass is 261 g/mol. The molecule has 0 saturated carbocycles. The van der Waals surface area contributed by atoms with Gasteiger partial charge in [0.25, 0.3) is 0 Å². The number of methoxy groups -OCH3 is 2. The van der Waals surface area contributed by atoms with Gasteiger partial charge in [0.1, 0.15) is 23.0 Å². The Morgan fingerprint density at radius 2 is 1.79 bits per heavy atom. The van der Waals surface area contributed by atoms with E-state index in [9.17, 15) is 0 Å². The third kappa shape index (κ3) is 2.58. The summed E-state index contributed by atoms with van der Waals surface area (Å²) < 4.78 is 16.1. The highest BCUT2D eigenvalue weighted by molar-refractivity contribution is 5.46. The molecule has 0 radical (unpaired) electrons. The molecule has 0 saturated heterocycles. The van der Waals surface area contributed by atoms with Gasteiger partial charge in [-0.1, -0.05) is 0 Å². The minimum Gasteiger partial charge on any atom is -0.497 e. The maximum atomic E-state index is 6.32. The summed E-state index contributed by atoms with van der Waals surface area (Å²) in [5.41, 5.74) is 8.20. The van der Waals surface area contributed by atoms with Crippen LogP contribution in [0.25, 0.3) is 0 Å². The van der Waals surface area contributed by atoms with Gasteiger partial charge in [0.05, 0.1) is 20.3 Å². The van der Waals surface area contributed by atoms with Crippen molar-refractivity contribution in [1.29, 1.82) is 0 Å². The van der Waals surface area contributed by atoms with Gasteiger partial charge in [-0.3, -0.25) is 0 Å². The van der Waals surface area contributed by atoms with Crippen molar-refractivity contribution in [2.45, 2.75) is 19.9 Å². The first-order valence-corrected chi connectivity index (χ1v) is 6.11. The van der Waals surface area contributed by atoms with E-state index in [4.69, 9.17) is 19.6 Å². The molecule has 1 aromatic carbocycles. The van der Waals surface area contributed by atoms with Crippen LogP contribution in [0, 0.1) is 13.8 Å². The summed E-state index contributed by atoms with van der Waals surface area (Å²) in [4.78, 5) is 0. The third-order valence-corrected chi connectivity index (χ3v) is 3.19. The highest BCUT2D eigenvalue weighted by Crippen LogP contribution is 2.33. The average molecular weight is 261 g/mol. The molecule has 0 aliphatic heterocycles. The van der Waals surface area contributed by atoms with Gasteiger partial charge >= 0.3 is 0 Å². The lowest BCUT2D eigenvalue weighted by Crippen LogP contribution is -2.13. The number of nitrogens with two attached hydrogens (primary N) is 1. The topological polar surface area (TPSA) is 57.6 Å². The number of hydrogen-bond acceptors (Lipinski definition) is 4. The maximum Gasteiger partial charge on any atom is 0.127 e. The lowest BCUT2D eigenvalue weighted by Gasteiger charge is -2.16. The first kappa shape index (κ1) is 13.5. The maximum absolute atomic E-state index is 6.32. The Morgan fingerprint density at radius 3 is 2.32 bits per heavy atom. The van der Waals surface area contributed by atoms with Crippen LogP contribution in [0.3, 0.4) is 0 Å². The van der Waals surface area contributed by atoms with E-state index in [1.54, 1.807) is 14.2 Å². The van der Waals surface area contributed by atoms with Crippen LogP contribution >= 0.6 is 0 Å². The number of furan rings is 1. The van der Waals surface area contributed by atoms with Crippen molar-refractivity contribution in [3.63, 3.8) is 0 Å². The van der Waals surface area contributed by atoms with E-state index in [0.717, 1.165) is 28.4 Å². The smallest absolute Gasteiger partial charge is 0.127 e. The first-order chi connectivity index (χ1) is 9.06. The quantitative estimate of drug-likeness (QED) is 0.919. The fourth-order valence-electron chi connectivity index (χ4n) is 2.20. The number of hydrogen-bond donors (Lipinski definition) is 1. The fourth-order valence-corrected chi connectivity index (χ4v) is 2.20. The first-order valence-electron chi connectivity index (χ1n) is 6.11. The number of benzene rings is 1. The molecule has 0 aliphatic rings. The van der Waals surface area contributed by atoms with Crippen LogP contribution in [0.15, 0.2) is 28.7 Å². The Hall–Kier alpha value is -1.94. The zero-order chi connectivity index (χ0) is 14.0. The predicted octanol–water partition coefficient (Wildman–Crippen LogP) is 2.96. The molecule has 1 atom stereocenters. The molecular weight excluding hydrogens is 242 g/mol. The van der Waals surface area contributed by atoms with E-state index in [1.807, 2.05) is 38.1 Å². The highest BCUT2D eigenvalue weighted by Gasteiger charge is 2.19. The highest BCUT2D eigenvalue weighted by atomic mass is 16.5. The number of aryl methyl sites for hydroxylation is 2. The third-order valence-electron chi connectivity index (χ3n) is 3.19. The molecule has 2 N–H and O–H groups in total. The minimum atomic E-state index is -0.279. The standard InChI is InChI=1S/C15H19NO3/c1-9-7-13(10(2)19-9)15(16)12-6-5-11(17-3)8-14(12)18-4/h5-8,15H,16H2,1-4H3. The van der Waals surface area contributed by atoms with Crippen LogP contribution in [0.4, 0.5) is 0 Å². The van der Waals surface area contributed by atoms with Gasteiger partial charge in [0, 0.05) is 17.2 Å². The molecule has 0 bridgehead atoms. The van der Waals surface area contributed by atoms with Crippen LogP contribution in [-0.2, 0) is 0 Å². The molecular formula is C15H19NO3. The van der Waals surface area contributed by atoms with Crippen LogP contribution in [0.5, 0.6) is 11.5 Å². The minimum absolute atomic E-state index is 0.279. The molecule has 0 fully saturated rings. The Kier molecular flexibility index (Phi) is 3.81. The number of rotatable bonds is 4. The van der Waals surface area contributed by atoms with E-state index < -0.39 is 0 Å². The number of ether oxygens (including phenoxy) is 2. The summed E-state index contributed by atoms with van der Waals surface area (Å²) in [6.07, 6.45) is 0. The second-order valence-electron chi connectivity index (χ2n) is 4.45. The van der Waals surface area contributed by atoms with E-state index in [-0.39, 0.29) is 6.04 Å². The van der Waals surface area contributed by atoms with E-state index in [2.05, 4.69) is 0 Å². The van der Waals surface area contributed by atoms with Gasteiger partial charge in [-0.2, -0.15) is 0 Å². The second kappa shape index (κ2) is 5.36. The molecule has 0 spiro atoms. The van der Waals surface area contributed by atoms with Crippen molar-refractivity contribution in [3.8, 4) is 11.5 Å². The molecule has 1 heterocycles. The summed E-state index contributed by atoms with van der Waals surface area (Å²) >= 11 is 0. The summed E-state index contributed by atoms with van der Waals surface area (Å²) in [6.45, 7) is 3.83. The van der Waals surface area contributed by atoms with Crippen molar-refractivity contribution < 1.29 is 13.9 Å². The van der Waals surface area contributed by atoms with E-state index in [1.165, 1.54) is 0 Å². The summed E-state index contributed by atoms with van der Waals surface area (Å²) in [6, 6.07) is 7.31. The molecule has 102 valence electrons. The molecule has 0 aliphatic carbocycles. The Balaban J connectivity index is 2.43. The molecule has 0 amide bonds. The Labute approximate surface area is 113 Å². The molecule has 1 unspecified atom stereocenters. The van der Waals surface area contributed by atoms with Crippen LogP contribution in [0.2, 0.25) is 0 Å². The molecule has 19 heavy (non-hydrogen) atoms. The summed E-state index contributed by atoms with van der Waals surface area (Å²) in [7, 11) is 3.25. The van der Waals surface area contributed by atoms with Crippen molar-refractivity contribution in [2.24, 2.45) is 5.73 Å². The Morgan fingerprint density at radius 1 is 1.05 bits per heavy atom. The van der Waals surface area contributed by atoms with Gasteiger partial charge in [-0.15, -0.1) is 0 Å². The summed E-state index contributed by atoms with van der Waals surface area (Å²) in [5, 5.41) is 0. The summed E-state index contributed by atoms with van der Waals surface area (Å²) in [5.74, 6) is 3.15. The average Bonchev–Trinajstić information content (AvgIpc) is 2.76. The van der Waals surface area contributed by atoms with Crippen molar-refractivity contribution in [1.82, 2.24) is 0 Å². The Bertz CT molecular complexity index is 575. The van der Waals surface area contributed by atoms with Gasteiger partial charge in [-0.25, -0.2) is 0 Å². The lowest BCUT2D eigenvalue weighted by atomic mass is 9.99. The predicted molar refractivity (Wildman–Crippen MR) is 73.8 cm³/mol. The second-order valence-corrected chi connectivity index (χ2v) is 4.45. The molecule has 2 aromatic rings. The van der Waals surface area contributed by atoms with Crippen LogP contribution < -0.4 is 15.2 Å². The fraction of sp³-hybridized carbons (Fsp3) is 0.333. The van der Waals surface area contributed by atoms with Gasteiger partial charge < -0.3 is 19.6 Å². The normalized spacial score (nSPS) is 12.3. The van der Waals surface area contributed by atoms with Crippen LogP contribution in [0.1, 0.15) is 28.7 Å². The van der Waals surface area contributed by atoms with Crippen molar-refractivity contribution in [2.75, 3.05) is 14.2 Å². The zero-order valence-electron chi connectivity index (χ0n) is 11.7. The van der Waals surface area contributed by atoms with Crippen molar-refractivity contribution >= 4 is 0 Å². The molecule has 4 nitrogen and oxygen atoms in total. The lowest BCUT2D eigenvalue weighted by molar-refractivity contribution is 0.389. The zero-order valence-corrected chi connectivity index (χ0v) is 11.7. The van der Waals surface area contributed by atoms with Gasteiger partial charge in [0.2, 0.25) is 0 Å².